The Balaban J connectivity index is 0. The number of esters is 1. The molecule has 0 saturated heterocycles. The lowest BCUT2D eigenvalue weighted by molar-refractivity contribution is -0.144. The maximum absolute atomic E-state index is 11.1. The molecule has 1 atom stereocenters. The third-order valence-electron chi connectivity index (χ3n) is 3.33. The van der Waals surface area contributed by atoms with Crippen LogP contribution in [0.2, 0.25) is 0 Å². The molecule has 0 radical (unpaired) electrons. The van der Waals surface area contributed by atoms with Crippen LogP contribution in [0.15, 0.2) is 12.3 Å². The van der Waals surface area contributed by atoms with E-state index in [-0.39, 0.29) is 19.4 Å². The molecule has 0 aromatic carbocycles. The summed E-state index contributed by atoms with van der Waals surface area (Å²) in [6.07, 6.45) is 13.5. The van der Waals surface area contributed by atoms with Gasteiger partial charge in [0.2, 0.25) is 0 Å². The van der Waals surface area contributed by atoms with Gasteiger partial charge < -0.3 is 20.1 Å². The fourth-order valence-corrected chi connectivity index (χ4v) is 1.86. The molecule has 0 amide bonds. The lowest BCUT2D eigenvalue weighted by Crippen LogP contribution is -2.03. The number of aliphatic hydroxyl groups is 2. The molecule has 1 unspecified atom stereocenters. The third-order valence-corrected chi connectivity index (χ3v) is 3.33. The van der Waals surface area contributed by atoms with Gasteiger partial charge in [0, 0.05) is 0 Å². The molecular weight excluding hydrogens is 324 g/mol. The van der Waals surface area contributed by atoms with Crippen LogP contribution in [0, 0.1) is 0 Å². The normalized spacial score (nSPS) is 11.7. The minimum absolute atomic E-state index is 0.0720. The highest BCUT2D eigenvalue weighted by molar-refractivity contribution is 5.76. The minimum Gasteiger partial charge on any atom is -0.481 e. The smallest absolute Gasteiger partial charge is 0.311 e. The summed E-state index contributed by atoms with van der Waals surface area (Å²) in [5, 5.41) is 24.4. The average Bonchev–Trinajstić information content (AvgIpc) is 2.58. The van der Waals surface area contributed by atoms with Gasteiger partial charge in [-0.3, -0.25) is 9.59 Å². The number of carbonyl (C=O) groups excluding carboxylic acids is 1. The van der Waals surface area contributed by atoms with Gasteiger partial charge in [0.25, 0.3) is 0 Å². The van der Waals surface area contributed by atoms with Gasteiger partial charge in [-0.2, -0.15) is 0 Å². The number of ether oxygens (including phenoxy) is 1. The van der Waals surface area contributed by atoms with Gasteiger partial charge in [0.15, 0.2) is 0 Å². The zero-order chi connectivity index (χ0) is 19.3. The standard InChI is InChI=1S/C16H28O4.C3H8O2/c1-2-3-4-5-6-7-8-9-10-11-14-20-16(19)13-12-15(17)18;1-3(5)2-4/h11,14H,2-10,12-13H2,1H3,(H,17,18);3-5H,2H2,1H3. The zero-order valence-electron chi connectivity index (χ0n) is 15.8. The average molecular weight is 360 g/mol. The molecule has 6 nitrogen and oxygen atoms in total. The lowest BCUT2D eigenvalue weighted by Gasteiger charge is -2.00. The SMILES string of the molecule is CC(O)CO.CCCCCCCCCCC=COC(=O)CCC(=O)O. The quantitative estimate of drug-likeness (QED) is 0.247. The fourth-order valence-electron chi connectivity index (χ4n) is 1.86. The molecule has 148 valence electrons. The van der Waals surface area contributed by atoms with E-state index in [1.807, 2.05) is 6.08 Å². The lowest BCUT2D eigenvalue weighted by atomic mass is 10.1. The molecule has 0 rings (SSSR count). The van der Waals surface area contributed by atoms with Crippen molar-refractivity contribution in [3.8, 4) is 0 Å². The van der Waals surface area contributed by atoms with E-state index in [0.29, 0.717) is 0 Å². The van der Waals surface area contributed by atoms with Crippen molar-refractivity contribution in [2.75, 3.05) is 6.61 Å². The van der Waals surface area contributed by atoms with E-state index >= 15 is 0 Å². The molecule has 0 bridgehead atoms. The highest BCUT2D eigenvalue weighted by atomic mass is 16.5. The predicted molar refractivity (Wildman–Crippen MR) is 98.1 cm³/mol. The van der Waals surface area contributed by atoms with Crippen LogP contribution in [0.3, 0.4) is 0 Å². The molecule has 0 aliphatic heterocycles. The second-order valence-corrected chi connectivity index (χ2v) is 6.05. The summed E-state index contributed by atoms with van der Waals surface area (Å²) in [7, 11) is 0. The maximum atomic E-state index is 11.1. The number of aliphatic hydroxyl groups excluding tert-OH is 2. The van der Waals surface area contributed by atoms with E-state index < -0.39 is 18.0 Å². The van der Waals surface area contributed by atoms with Crippen molar-refractivity contribution in [1.29, 1.82) is 0 Å². The number of unbranched alkanes of at least 4 members (excludes halogenated alkanes) is 8. The summed E-state index contributed by atoms with van der Waals surface area (Å²) >= 11 is 0. The van der Waals surface area contributed by atoms with Crippen molar-refractivity contribution in [3.05, 3.63) is 12.3 Å². The summed E-state index contributed by atoms with van der Waals surface area (Å²) < 4.78 is 4.78. The van der Waals surface area contributed by atoms with E-state index in [1.165, 1.54) is 58.1 Å². The molecule has 0 heterocycles. The molecule has 3 N–H and O–H groups in total. The first kappa shape index (κ1) is 25.8. The second kappa shape index (κ2) is 20.6. The Labute approximate surface area is 151 Å². The van der Waals surface area contributed by atoms with Crippen molar-refractivity contribution >= 4 is 11.9 Å². The molecular formula is C19H36O6. The monoisotopic (exact) mass is 360 g/mol. The molecule has 25 heavy (non-hydrogen) atoms. The van der Waals surface area contributed by atoms with Crippen LogP contribution in [0.1, 0.15) is 84.5 Å². The highest BCUT2D eigenvalue weighted by Crippen LogP contribution is 2.09. The Kier molecular flexibility index (Phi) is 21.3. The van der Waals surface area contributed by atoms with Crippen molar-refractivity contribution in [3.63, 3.8) is 0 Å². The van der Waals surface area contributed by atoms with Gasteiger partial charge in [-0.25, -0.2) is 0 Å². The summed E-state index contributed by atoms with van der Waals surface area (Å²) in [6, 6.07) is 0. The number of aliphatic carboxylic acids is 1. The minimum atomic E-state index is -0.982. The van der Waals surface area contributed by atoms with Crippen LogP contribution < -0.4 is 0 Å². The number of carbonyl (C=O) groups is 2. The van der Waals surface area contributed by atoms with Crippen molar-refractivity contribution < 1.29 is 29.6 Å². The Morgan fingerprint density at radius 2 is 1.52 bits per heavy atom. The first-order chi connectivity index (χ1) is 11.9. The summed E-state index contributed by atoms with van der Waals surface area (Å²) in [5.74, 6) is -1.47. The third kappa shape index (κ3) is 27.7. The Morgan fingerprint density at radius 3 is 2.00 bits per heavy atom. The summed E-state index contributed by atoms with van der Waals surface area (Å²) in [6.45, 7) is 3.61. The maximum Gasteiger partial charge on any atom is 0.311 e. The second-order valence-electron chi connectivity index (χ2n) is 6.05. The number of hydrogen-bond acceptors (Lipinski definition) is 5. The number of carboxylic acids is 1. The first-order valence-corrected chi connectivity index (χ1v) is 9.29. The van der Waals surface area contributed by atoms with Crippen LogP contribution in [0.4, 0.5) is 0 Å². The number of allylic oxidation sites excluding steroid dienone is 1. The molecule has 0 fully saturated rings. The molecule has 0 aromatic heterocycles. The largest absolute Gasteiger partial charge is 0.481 e. The number of rotatable bonds is 14. The van der Waals surface area contributed by atoms with Gasteiger partial charge in [-0.15, -0.1) is 0 Å². The van der Waals surface area contributed by atoms with Crippen LogP contribution in [0.25, 0.3) is 0 Å². The van der Waals surface area contributed by atoms with Crippen LogP contribution in [0.5, 0.6) is 0 Å². The van der Waals surface area contributed by atoms with E-state index in [4.69, 9.17) is 20.1 Å². The van der Waals surface area contributed by atoms with Crippen LogP contribution >= 0.6 is 0 Å². The van der Waals surface area contributed by atoms with E-state index in [2.05, 4.69) is 6.92 Å². The zero-order valence-corrected chi connectivity index (χ0v) is 15.8. The first-order valence-electron chi connectivity index (χ1n) is 9.29. The van der Waals surface area contributed by atoms with Crippen molar-refractivity contribution in [2.45, 2.75) is 90.6 Å². The van der Waals surface area contributed by atoms with Crippen LogP contribution in [-0.4, -0.2) is 40.0 Å². The fraction of sp³-hybridized carbons (Fsp3) is 0.789. The van der Waals surface area contributed by atoms with Crippen molar-refractivity contribution in [1.82, 2.24) is 0 Å². The molecule has 0 saturated carbocycles. The van der Waals surface area contributed by atoms with E-state index in [0.717, 1.165) is 12.8 Å². The molecule has 6 heteroatoms. The Bertz CT molecular complexity index is 339. The molecule has 0 aliphatic rings. The summed E-state index contributed by atoms with van der Waals surface area (Å²) in [5.41, 5.74) is 0. The molecule has 0 spiro atoms. The predicted octanol–water partition coefficient (Wildman–Crippen LogP) is 3.80. The van der Waals surface area contributed by atoms with Gasteiger partial charge in [0.1, 0.15) is 0 Å². The van der Waals surface area contributed by atoms with E-state index in [1.54, 1.807) is 0 Å². The van der Waals surface area contributed by atoms with E-state index in [9.17, 15) is 9.59 Å². The number of hydrogen-bond donors (Lipinski definition) is 3. The topological polar surface area (TPSA) is 104 Å². The van der Waals surface area contributed by atoms with Crippen LogP contribution in [-0.2, 0) is 14.3 Å². The van der Waals surface area contributed by atoms with Crippen molar-refractivity contribution in [2.24, 2.45) is 0 Å². The highest BCUT2D eigenvalue weighted by Gasteiger charge is 2.04. The van der Waals surface area contributed by atoms with Gasteiger partial charge in [0.05, 0.1) is 31.8 Å². The molecule has 0 aliphatic carbocycles. The Hall–Kier alpha value is -1.40. The number of carboxylic acid groups (broad SMARTS) is 1. The van der Waals surface area contributed by atoms with Gasteiger partial charge in [-0.1, -0.05) is 51.9 Å². The van der Waals surface area contributed by atoms with Gasteiger partial charge in [-0.05, 0) is 25.8 Å². The Morgan fingerprint density at radius 1 is 1.00 bits per heavy atom. The summed E-state index contributed by atoms with van der Waals surface area (Å²) in [4.78, 5) is 21.3. The molecule has 0 aromatic rings. The van der Waals surface area contributed by atoms with Gasteiger partial charge >= 0.3 is 11.9 Å².